The minimum Gasteiger partial charge on any atom is -0.508 e. The number of nitriles is 1. The largest absolute Gasteiger partial charge is 0.508 e. The van der Waals surface area contributed by atoms with Crippen molar-refractivity contribution in [1.29, 1.82) is 5.26 Å². The topological polar surface area (TPSA) is 132 Å². The van der Waals surface area contributed by atoms with Gasteiger partial charge in [-0.25, -0.2) is 4.79 Å². The number of aryl methyl sites for hydroxylation is 2. The molecule has 0 radical (unpaired) electrons. The molecule has 0 aliphatic rings. The predicted octanol–water partition coefficient (Wildman–Crippen LogP) is 4.06. The van der Waals surface area contributed by atoms with Crippen LogP contribution in [0, 0.1) is 25.2 Å². The van der Waals surface area contributed by atoms with Gasteiger partial charge in [-0.3, -0.25) is 9.59 Å². The van der Waals surface area contributed by atoms with Crippen LogP contribution in [0.1, 0.15) is 62.9 Å². The van der Waals surface area contributed by atoms with Crippen molar-refractivity contribution in [1.82, 2.24) is 15.5 Å². The molecule has 204 valence electrons. The Labute approximate surface area is 224 Å². The van der Waals surface area contributed by atoms with Crippen LogP contribution in [0.15, 0.2) is 42.5 Å². The minimum absolute atomic E-state index is 0.0473. The molecule has 0 fully saturated rings. The third-order valence-electron chi connectivity index (χ3n) is 5.60. The van der Waals surface area contributed by atoms with E-state index in [1.165, 1.54) is 17.0 Å². The van der Waals surface area contributed by atoms with E-state index in [9.17, 15) is 24.8 Å². The number of phenols is 1. The van der Waals surface area contributed by atoms with Gasteiger partial charge in [-0.1, -0.05) is 35.9 Å². The molecule has 9 nitrogen and oxygen atoms in total. The molecule has 2 atom stereocenters. The minimum atomic E-state index is -1.15. The quantitative estimate of drug-likeness (QED) is 0.426. The van der Waals surface area contributed by atoms with E-state index in [0.717, 1.165) is 11.1 Å². The highest BCUT2D eigenvalue weighted by atomic mass is 16.6. The molecule has 0 aliphatic carbocycles. The lowest BCUT2D eigenvalue weighted by Gasteiger charge is -2.34. The van der Waals surface area contributed by atoms with Crippen LogP contribution in [0.5, 0.6) is 5.75 Å². The third-order valence-corrected chi connectivity index (χ3v) is 5.60. The smallest absolute Gasteiger partial charge is 0.408 e. The van der Waals surface area contributed by atoms with Crippen LogP contribution in [-0.2, 0) is 20.7 Å². The molecular weight excluding hydrogens is 484 g/mol. The number of hydrogen-bond acceptors (Lipinski definition) is 6. The van der Waals surface area contributed by atoms with Crippen LogP contribution in [0.25, 0.3) is 0 Å². The molecule has 0 bridgehead atoms. The maximum absolute atomic E-state index is 14.1. The van der Waals surface area contributed by atoms with Gasteiger partial charge in [-0.2, -0.15) is 5.26 Å². The highest BCUT2D eigenvalue weighted by Crippen LogP contribution is 2.27. The summed E-state index contributed by atoms with van der Waals surface area (Å²) in [7, 11) is 0. The summed E-state index contributed by atoms with van der Waals surface area (Å²) in [4.78, 5) is 41.5. The summed E-state index contributed by atoms with van der Waals surface area (Å²) < 4.78 is 5.39. The zero-order valence-electron chi connectivity index (χ0n) is 23.2. The standard InChI is InChI=1S/C29H38N4O5/c1-18(2)31-26(35)25(23-13-8-19(3)16-20(23)4)33(15-14-30)27(36)24(32-28(37)38-29(5,6)7)17-21-9-11-22(34)12-10-21/h8-13,16,18,24-25,34H,15,17H2,1-7H3,(H,31,35)(H,32,37). The van der Waals surface area contributed by atoms with Crippen LogP contribution < -0.4 is 10.6 Å². The van der Waals surface area contributed by atoms with Crippen molar-refractivity contribution < 1.29 is 24.2 Å². The number of phenolic OH excluding ortho intramolecular Hbond substituents is 1. The van der Waals surface area contributed by atoms with Crippen molar-refractivity contribution in [3.05, 3.63) is 64.7 Å². The fourth-order valence-corrected chi connectivity index (χ4v) is 4.04. The van der Waals surface area contributed by atoms with Gasteiger partial charge >= 0.3 is 6.09 Å². The molecule has 38 heavy (non-hydrogen) atoms. The van der Waals surface area contributed by atoms with Crippen LogP contribution >= 0.6 is 0 Å². The third kappa shape index (κ3) is 8.80. The van der Waals surface area contributed by atoms with E-state index >= 15 is 0 Å². The number of amides is 3. The predicted molar refractivity (Wildman–Crippen MR) is 144 cm³/mol. The van der Waals surface area contributed by atoms with Gasteiger partial charge in [0.05, 0.1) is 6.07 Å². The van der Waals surface area contributed by atoms with E-state index < -0.39 is 35.6 Å². The van der Waals surface area contributed by atoms with Gasteiger partial charge in [-0.05, 0) is 77.3 Å². The SMILES string of the molecule is Cc1ccc(C(C(=O)NC(C)C)N(CC#N)C(=O)C(Cc2ccc(O)cc2)NC(=O)OC(C)(C)C)c(C)c1. The Morgan fingerprint density at radius 2 is 1.68 bits per heavy atom. The first-order valence-electron chi connectivity index (χ1n) is 12.5. The molecule has 2 rings (SSSR count). The van der Waals surface area contributed by atoms with Gasteiger partial charge < -0.3 is 25.4 Å². The average Bonchev–Trinajstić information content (AvgIpc) is 2.79. The van der Waals surface area contributed by atoms with E-state index in [4.69, 9.17) is 4.74 Å². The van der Waals surface area contributed by atoms with Gasteiger partial charge in [0.25, 0.3) is 0 Å². The molecule has 9 heteroatoms. The Morgan fingerprint density at radius 3 is 2.21 bits per heavy atom. The average molecular weight is 523 g/mol. The molecule has 2 aromatic carbocycles. The first kappa shape index (κ1) is 30.2. The highest BCUT2D eigenvalue weighted by molar-refractivity contribution is 5.92. The summed E-state index contributed by atoms with van der Waals surface area (Å²) in [6, 6.07) is 11.3. The molecule has 0 aromatic heterocycles. The second-order valence-corrected chi connectivity index (χ2v) is 10.6. The van der Waals surface area contributed by atoms with Gasteiger partial charge in [0.1, 0.15) is 30.0 Å². The Morgan fingerprint density at radius 1 is 1.05 bits per heavy atom. The first-order chi connectivity index (χ1) is 17.7. The normalized spacial score (nSPS) is 12.7. The molecule has 0 aliphatic heterocycles. The lowest BCUT2D eigenvalue weighted by Crippen LogP contribution is -2.54. The number of aromatic hydroxyl groups is 1. The van der Waals surface area contributed by atoms with Crippen molar-refractivity contribution >= 4 is 17.9 Å². The van der Waals surface area contributed by atoms with Crippen molar-refractivity contribution in [2.45, 2.75) is 78.6 Å². The Balaban J connectivity index is 2.57. The summed E-state index contributed by atoms with van der Waals surface area (Å²) in [5, 5.41) is 24.8. The van der Waals surface area contributed by atoms with Crippen LogP contribution in [-0.4, -0.2) is 52.1 Å². The fourth-order valence-electron chi connectivity index (χ4n) is 4.04. The molecule has 0 saturated heterocycles. The zero-order chi connectivity index (χ0) is 28.6. The summed E-state index contributed by atoms with van der Waals surface area (Å²) in [6.07, 6.45) is -0.757. The van der Waals surface area contributed by atoms with E-state index in [1.54, 1.807) is 39.0 Å². The number of alkyl carbamates (subject to hydrolysis) is 1. The molecule has 3 N–H and O–H groups in total. The highest BCUT2D eigenvalue weighted by Gasteiger charge is 2.37. The second kappa shape index (κ2) is 13.0. The number of hydrogen-bond donors (Lipinski definition) is 3. The van der Waals surface area contributed by atoms with Gasteiger partial charge in [0.15, 0.2) is 0 Å². The Kier molecular flexibility index (Phi) is 10.3. The molecule has 0 spiro atoms. The second-order valence-electron chi connectivity index (χ2n) is 10.6. The lowest BCUT2D eigenvalue weighted by atomic mass is 9.95. The number of nitrogens with zero attached hydrogens (tertiary/aromatic N) is 2. The van der Waals surface area contributed by atoms with E-state index in [1.807, 2.05) is 45.9 Å². The van der Waals surface area contributed by atoms with Crippen molar-refractivity contribution in [3.8, 4) is 11.8 Å². The Bertz CT molecular complexity index is 1180. The van der Waals surface area contributed by atoms with Crippen molar-refractivity contribution in [2.24, 2.45) is 0 Å². The number of ether oxygens (including phenoxy) is 1. The molecular formula is C29H38N4O5. The van der Waals surface area contributed by atoms with E-state index in [-0.39, 0.29) is 24.8 Å². The van der Waals surface area contributed by atoms with Gasteiger partial charge in [0, 0.05) is 12.5 Å². The van der Waals surface area contributed by atoms with E-state index in [2.05, 4.69) is 10.6 Å². The summed E-state index contributed by atoms with van der Waals surface area (Å²) in [6.45, 7) is 12.1. The first-order valence-corrected chi connectivity index (χ1v) is 12.5. The number of nitrogens with one attached hydrogen (secondary N) is 2. The summed E-state index contributed by atoms with van der Waals surface area (Å²) in [5.41, 5.74) is 2.22. The lowest BCUT2D eigenvalue weighted by molar-refractivity contribution is -0.142. The van der Waals surface area contributed by atoms with Gasteiger partial charge in [0.2, 0.25) is 11.8 Å². The number of rotatable bonds is 9. The van der Waals surface area contributed by atoms with Crippen molar-refractivity contribution in [2.75, 3.05) is 6.54 Å². The summed E-state index contributed by atoms with van der Waals surface area (Å²) >= 11 is 0. The molecule has 2 unspecified atom stereocenters. The number of carbonyl (C=O) groups excluding carboxylic acids is 3. The maximum Gasteiger partial charge on any atom is 0.408 e. The van der Waals surface area contributed by atoms with Crippen molar-refractivity contribution in [3.63, 3.8) is 0 Å². The number of carbonyl (C=O) groups is 3. The molecule has 0 saturated carbocycles. The van der Waals surface area contributed by atoms with Crippen LogP contribution in [0.4, 0.5) is 4.79 Å². The molecule has 3 amide bonds. The van der Waals surface area contributed by atoms with Crippen LogP contribution in [0.2, 0.25) is 0 Å². The molecule has 2 aromatic rings. The monoisotopic (exact) mass is 522 g/mol. The maximum atomic E-state index is 14.1. The van der Waals surface area contributed by atoms with E-state index in [0.29, 0.717) is 11.1 Å². The Hall–Kier alpha value is -4.06. The fraction of sp³-hybridized carbons (Fsp3) is 0.448. The number of benzene rings is 2. The van der Waals surface area contributed by atoms with Gasteiger partial charge in [-0.15, -0.1) is 0 Å². The summed E-state index contributed by atoms with van der Waals surface area (Å²) in [5.74, 6) is -0.992. The molecule has 0 heterocycles. The zero-order valence-corrected chi connectivity index (χ0v) is 23.2. The van der Waals surface area contributed by atoms with Crippen LogP contribution in [0.3, 0.4) is 0 Å².